The van der Waals surface area contributed by atoms with E-state index in [1.54, 1.807) is 0 Å². The molecule has 2 nitrogen and oxygen atoms in total. The normalized spacial score (nSPS) is 37.8. The lowest BCUT2D eigenvalue weighted by molar-refractivity contribution is 0.128. The Morgan fingerprint density at radius 3 is 2.88 bits per heavy atom. The highest BCUT2D eigenvalue weighted by molar-refractivity contribution is 7.99. The molecule has 4 unspecified atom stereocenters. The van der Waals surface area contributed by atoms with Crippen molar-refractivity contribution in [3.63, 3.8) is 0 Å². The predicted molar refractivity (Wildman–Crippen MR) is 75.7 cm³/mol. The van der Waals surface area contributed by atoms with Crippen molar-refractivity contribution in [1.29, 1.82) is 0 Å². The highest BCUT2D eigenvalue weighted by atomic mass is 32.2. The minimum absolute atomic E-state index is 0.551. The third-order valence-corrected chi connectivity index (χ3v) is 5.82. The Morgan fingerprint density at radius 1 is 1.29 bits per heavy atom. The van der Waals surface area contributed by atoms with Gasteiger partial charge in [0.15, 0.2) is 0 Å². The van der Waals surface area contributed by atoms with Crippen molar-refractivity contribution in [2.45, 2.75) is 63.3 Å². The molecule has 0 radical (unpaired) electrons. The van der Waals surface area contributed by atoms with Gasteiger partial charge in [-0.1, -0.05) is 13.8 Å². The quantitative estimate of drug-likeness (QED) is 0.790. The molecule has 0 bridgehead atoms. The minimum Gasteiger partial charge on any atom is -0.377 e. The van der Waals surface area contributed by atoms with Gasteiger partial charge in [-0.3, -0.25) is 0 Å². The summed E-state index contributed by atoms with van der Waals surface area (Å²) in [6, 6.07) is 0.761. The molecule has 1 N–H and O–H groups in total. The Balaban J connectivity index is 1.67. The molecule has 100 valence electrons. The van der Waals surface area contributed by atoms with Crippen molar-refractivity contribution in [2.24, 2.45) is 5.92 Å². The van der Waals surface area contributed by atoms with Crippen LogP contribution in [0.1, 0.15) is 46.0 Å². The van der Waals surface area contributed by atoms with Crippen molar-refractivity contribution in [3.8, 4) is 0 Å². The smallest absolute Gasteiger partial charge is 0.0666 e. The number of ether oxygens (including phenoxy) is 1. The molecule has 0 aromatic carbocycles. The molecule has 0 spiro atoms. The van der Waals surface area contributed by atoms with Gasteiger partial charge < -0.3 is 10.1 Å². The topological polar surface area (TPSA) is 21.3 Å². The molecule has 1 saturated carbocycles. The first-order valence-electron chi connectivity index (χ1n) is 7.28. The third kappa shape index (κ3) is 3.87. The maximum absolute atomic E-state index is 5.70. The second-order valence-electron chi connectivity index (χ2n) is 5.50. The Kier molecular flexibility index (Phi) is 5.64. The van der Waals surface area contributed by atoms with E-state index in [1.807, 2.05) is 0 Å². The number of hydrogen-bond donors (Lipinski definition) is 1. The fourth-order valence-corrected chi connectivity index (χ4v) is 4.51. The molecular weight excluding hydrogens is 230 g/mol. The van der Waals surface area contributed by atoms with Crippen LogP contribution in [0.4, 0.5) is 0 Å². The van der Waals surface area contributed by atoms with Gasteiger partial charge in [-0.05, 0) is 44.6 Å². The van der Waals surface area contributed by atoms with Gasteiger partial charge in [0, 0.05) is 23.7 Å². The molecule has 0 aromatic heterocycles. The summed E-state index contributed by atoms with van der Waals surface area (Å²) in [6.07, 6.45) is 7.11. The van der Waals surface area contributed by atoms with Crippen LogP contribution in [0, 0.1) is 5.92 Å². The van der Waals surface area contributed by atoms with Gasteiger partial charge in [-0.25, -0.2) is 0 Å². The summed E-state index contributed by atoms with van der Waals surface area (Å²) in [5.74, 6) is 2.04. The van der Waals surface area contributed by atoms with Crippen molar-refractivity contribution in [2.75, 3.05) is 18.9 Å². The lowest BCUT2D eigenvalue weighted by atomic mass is 10.1. The predicted octanol–water partition coefficient (Wildman–Crippen LogP) is 3.07. The van der Waals surface area contributed by atoms with E-state index in [0.29, 0.717) is 6.10 Å². The first-order valence-corrected chi connectivity index (χ1v) is 8.32. The van der Waals surface area contributed by atoms with Crippen LogP contribution >= 0.6 is 11.8 Å². The van der Waals surface area contributed by atoms with Crippen molar-refractivity contribution >= 4 is 11.8 Å². The van der Waals surface area contributed by atoms with Crippen LogP contribution in [0.25, 0.3) is 0 Å². The number of rotatable bonds is 6. The van der Waals surface area contributed by atoms with Crippen LogP contribution in [-0.4, -0.2) is 36.3 Å². The average molecular weight is 257 g/mol. The monoisotopic (exact) mass is 257 g/mol. The van der Waals surface area contributed by atoms with E-state index in [-0.39, 0.29) is 0 Å². The fraction of sp³-hybridized carbons (Fsp3) is 1.00. The van der Waals surface area contributed by atoms with Crippen LogP contribution < -0.4 is 5.32 Å². The van der Waals surface area contributed by atoms with Crippen LogP contribution in [0.5, 0.6) is 0 Å². The first-order chi connectivity index (χ1) is 8.31. The van der Waals surface area contributed by atoms with Crippen LogP contribution in [-0.2, 0) is 4.74 Å². The van der Waals surface area contributed by atoms with E-state index >= 15 is 0 Å². The second-order valence-corrected chi connectivity index (χ2v) is 6.78. The third-order valence-electron chi connectivity index (χ3n) is 4.16. The van der Waals surface area contributed by atoms with Gasteiger partial charge in [0.25, 0.3) is 0 Å². The SMILES string of the molecule is CCCNC1CCC(SCC2CCCO2)C1C. The summed E-state index contributed by atoms with van der Waals surface area (Å²) in [7, 11) is 0. The van der Waals surface area contributed by atoms with Gasteiger partial charge >= 0.3 is 0 Å². The molecular formula is C14H27NOS. The molecule has 2 aliphatic rings. The molecule has 1 aliphatic carbocycles. The van der Waals surface area contributed by atoms with Gasteiger partial charge in [0.2, 0.25) is 0 Å². The molecule has 0 amide bonds. The first kappa shape index (κ1) is 13.7. The van der Waals surface area contributed by atoms with Gasteiger partial charge in [-0.2, -0.15) is 11.8 Å². The van der Waals surface area contributed by atoms with Crippen molar-refractivity contribution in [3.05, 3.63) is 0 Å². The maximum atomic E-state index is 5.70. The molecule has 0 aromatic rings. The zero-order valence-electron chi connectivity index (χ0n) is 11.3. The summed E-state index contributed by atoms with van der Waals surface area (Å²) in [4.78, 5) is 0. The highest BCUT2D eigenvalue weighted by Crippen LogP contribution is 2.36. The number of thioether (sulfide) groups is 1. The Hall–Kier alpha value is 0.270. The molecule has 17 heavy (non-hydrogen) atoms. The molecule has 1 heterocycles. The summed E-state index contributed by atoms with van der Waals surface area (Å²) >= 11 is 2.16. The van der Waals surface area contributed by atoms with Crippen LogP contribution in [0.3, 0.4) is 0 Å². The number of hydrogen-bond acceptors (Lipinski definition) is 3. The lowest BCUT2D eigenvalue weighted by Gasteiger charge is -2.22. The summed E-state index contributed by atoms with van der Waals surface area (Å²) in [5, 5.41) is 4.55. The summed E-state index contributed by atoms with van der Waals surface area (Å²) in [6.45, 7) is 6.84. The largest absolute Gasteiger partial charge is 0.377 e. The fourth-order valence-electron chi connectivity index (χ4n) is 2.99. The van der Waals surface area contributed by atoms with Gasteiger partial charge in [-0.15, -0.1) is 0 Å². The van der Waals surface area contributed by atoms with E-state index in [0.717, 1.165) is 23.8 Å². The van der Waals surface area contributed by atoms with E-state index < -0.39 is 0 Å². The minimum atomic E-state index is 0.551. The Bertz CT molecular complexity index is 218. The van der Waals surface area contributed by atoms with Crippen molar-refractivity contribution in [1.82, 2.24) is 5.32 Å². The van der Waals surface area contributed by atoms with Crippen LogP contribution in [0.15, 0.2) is 0 Å². The lowest BCUT2D eigenvalue weighted by Crippen LogP contribution is -2.34. The van der Waals surface area contributed by atoms with Gasteiger partial charge in [0.1, 0.15) is 0 Å². The maximum Gasteiger partial charge on any atom is 0.0666 e. The zero-order valence-corrected chi connectivity index (χ0v) is 12.1. The van der Waals surface area contributed by atoms with E-state index in [9.17, 15) is 0 Å². The second kappa shape index (κ2) is 7.01. The summed E-state index contributed by atoms with van der Waals surface area (Å²) in [5.41, 5.74) is 0. The molecule has 3 heteroatoms. The van der Waals surface area contributed by atoms with E-state index in [1.165, 1.54) is 44.4 Å². The molecule has 1 aliphatic heterocycles. The Morgan fingerprint density at radius 2 is 2.18 bits per heavy atom. The molecule has 2 rings (SSSR count). The highest BCUT2D eigenvalue weighted by Gasteiger charge is 2.33. The number of nitrogens with one attached hydrogen (secondary N) is 1. The standard InChI is InChI=1S/C14H27NOS/c1-3-8-15-13-6-7-14(11(13)2)17-10-12-5-4-9-16-12/h11-15H,3-10H2,1-2H3. The average Bonchev–Trinajstić information content (AvgIpc) is 2.95. The van der Waals surface area contributed by atoms with Crippen LogP contribution in [0.2, 0.25) is 0 Å². The van der Waals surface area contributed by atoms with Crippen molar-refractivity contribution < 1.29 is 4.74 Å². The van der Waals surface area contributed by atoms with E-state index in [4.69, 9.17) is 4.74 Å². The summed E-state index contributed by atoms with van der Waals surface area (Å²) < 4.78 is 5.70. The molecule has 1 saturated heterocycles. The Labute approximate surface area is 110 Å². The van der Waals surface area contributed by atoms with E-state index in [2.05, 4.69) is 30.9 Å². The zero-order chi connectivity index (χ0) is 12.1. The van der Waals surface area contributed by atoms with Gasteiger partial charge in [0.05, 0.1) is 6.10 Å². The molecule has 2 fully saturated rings. The molecule has 4 atom stereocenters.